The van der Waals surface area contributed by atoms with Crippen molar-refractivity contribution in [3.63, 3.8) is 0 Å². The minimum atomic E-state index is -3.75. The molecule has 10 heteroatoms. The number of aryl methyl sites for hydroxylation is 2. The molecule has 2 unspecified atom stereocenters. The molecule has 1 amide bonds. The number of aliphatic hydroxyl groups excluding tert-OH is 1. The fraction of sp³-hybridized carbons (Fsp3) is 0.407. The van der Waals surface area contributed by atoms with E-state index in [-0.39, 0.29) is 41.7 Å². The number of likely N-dealkylation sites (N-methyl/N-ethyl adjacent to an activating group) is 1. The summed E-state index contributed by atoms with van der Waals surface area (Å²) in [6.07, 6.45) is 0.665. The largest absolute Gasteiger partial charge is 0.392 e. The Morgan fingerprint density at radius 2 is 1.84 bits per heavy atom. The molecule has 2 atom stereocenters. The van der Waals surface area contributed by atoms with E-state index in [4.69, 9.17) is 4.52 Å². The Bertz CT molecular complexity index is 1290. The third-order valence-electron chi connectivity index (χ3n) is 6.81. The van der Waals surface area contributed by atoms with Crippen molar-refractivity contribution in [2.24, 2.45) is 0 Å². The number of nitrogens with one attached hydrogen (secondary N) is 1. The minimum absolute atomic E-state index is 0.0135. The number of sulfonamides is 1. The Balaban J connectivity index is 1.39. The van der Waals surface area contributed by atoms with E-state index in [1.165, 1.54) is 0 Å². The van der Waals surface area contributed by atoms with Crippen LogP contribution in [0.15, 0.2) is 64.0 Å². The van der Waals surface area contributed by atoms with Gasteiger partial charge in [0, 0.05) is 33.2 Å². The summed E-state index contributed by atoms with van der Waals surface area (Å²) in [4.78, 5) is 17.3. The SMILES string of the molecule is Cc1noc(C)c1S(=O)(=O)NCc1ccc(CC(=O)N(C)C(CN2CCC(O)C2)c2ccccc2)cc1. The Morgan fingerprint density at radius 1 is 1.16 bits per heavy atom. The summed E-state index contributed by atoms with van der Waals surface area (Å²) in [5.41, 5.74) is 2.99. The average molecular weight is 527 g/mol. The van der Waals surface area contributed by atoms with E-state index in [0.717, 1.165) is 29.7 Å². The second-order valence-electron chi connectivity index (χ2n) is 9.60. The van der Waals surface area contributed by atoms with E-state index in [1.54, 1.807) is 18.7 Å². The highest BCUT2D eigenvalue weighted by Gasteiger charge is 2.28. The van der Waals surface area contributed by atoms with Crippen LogP contribution in [-0.4, -0.2) is 67.2 Å². The highest BCUT2D eigenvalue weighted by atomic mass is 32.2. The summed E-state index contributed by atoms with van der Waals surface area (Å²) in [6.45, 7) is 5.35. The first-order chi connectivity index (χ1) is 17.6. The number of amides is 1. The minimum Gasteiger partial charge on any atom is -0.392 e. The molecule has 0 saturated carbocycles. The number of hydrogen-bond donors (Lipinski definition) is 2. The second-order valence-corrected chi connectivity index (χ2v) is 11.3. The molecule has 1 aromatic heterocycles. The van der Waals surface area contributed by atoms with Crippen LogP contribution >= 0.6 is 0 Å². The van der Waals surface area contributed by atoms with E-state index >= 15 is 0 Å². The van der Waals surface area contributed by atoms with E-state index in [0.29, 0.717) is 18.8 Å². The van der Waals surface area contributed by atoms with Gasteiger partial charge in [-0.05, 0) is 37.0 Å². The fourth-order valence-corrected chi connectivity index (χ4v) is 6.05. The summed E-state index contributed by atoms with van der Waals surface area (Å²) in [5, 5.41) is 13.6. The van der Waals surface area contributed by atoms with Crippen molar-refractivity contribution in [3.05, 3.63) is 82.7 Å². The van der Waals surface area contributed by atoms with Crippen molar-refractivity contribution in [2.75, 3.05) is 26.7 Å². The number of hydrogen-bond acceptors (Lipinski definition) is 7. The van der Waals surface area contributed by atoms with Gasteiger partial charge in [0.05, 0.1) is 18.6 Å². The zero-order chi connectivity index (χ0) is 26.6. The normalized spacial score (nSPS) is 17.1. The van der Waals surface area contributed by atoms with Gasteiger partial charge >= 0.3 is 0 Å². The molecule has 1 fully saturated rings. The Hall–Kier alpha value is -3.05. The number of aromatic nitrogens is 1. The van der Waals surface area contributed by atoms with Crippen LogP contribution in [0.3, 0.4) is 0 Å². The highest BCUT2D eigenvalue weighted by Crippen LogP contribution is 2.24. The molecule has 0 aliphatic carbocycles. The lowest BCUT2D eigenvalue weighted by Crippen LogP contribution is -2.39. The van der Waals surface area contributed by atoms with Crippen molar-refractivity contribution in [1.29, 1.82) is 0 Å². The van der Waals surface area contributed by atoms with Gasteiger partial charge in [-0.25, -0.2) is 13.1 Å². The molecule has 2 aromatic carbocycles. The molecule has 198 valence electrons. The maximum Gasteiger partial charge on any atom is 0.246 e. The summed E-state index contributed by atoms with van der Waals surface area (Å²) in [5.74, 6) is 0.234. The number of carbonyl (C=O) groups is 1. The van der Waals surface area contributed by atoms with Crippen LogP contribution in [0.2, 0.25) is 0 Å². The third kappa shape index (κ3) is 6.64. The van der Waals surface area contributed by atoms with Crippen LogP contribution in [-0.2, 0) is 27.8 Å². The first-order valence-corrected chi connectivity index (χ1v) is 13.8. The number of likely N-dealkylation sites (tertiary alicyclic amines) is 1. The zero-order valence-electron chi connectivity index (χ0n) is 21.4. The number of β-amino-alcohol motifs (C(OH)–C–C–N with tert-alkyl or cyclic N) is 1. The van der Waals surface area contributed by atoms with Gasteiger partial charge in [-0.2, -0.15) is 0 Å². The fourth-order valence-electron chi connectivity index (χ4n) is 4.71. The monoisotopic (exact) mass is 526 g/mol. The van der Waals surface area contributed by atoms with Crippen LogP contribution in [0.4, 0.5) is 0 Å². The van der Waals surface area contributed by atoms with Crippen LogP contribution in [0.5, 0.6) is 0 Å². The predicted molar refractivity (Wildman–Crippen MR) is 139 cm³/mol. The summed E-state index contributed by atoms with van der Waals surface area (Å²) in [6, 6.07) is 17.2. The number of rotatable bonds is 10. The molecule has 4 rings (SSSR count). The predicted octanol–water partition coefficient (Wildman–Crippen LogP) is 2.58. The maximum absolute atomic E-state index is 13.3. The Kier molecular flexibility index (Phi) is 8.43. The summed E-state index contributed by atoms with van der Waals surface area (Å²) in [7, 11) is -1.93. The van der Waals surface area contributed by atoms with Crippen LogP contribution in [0, 0.1) is 13.8 Å². The van der Waals surface area contributed by atoms with Crippen LogP contribution < -0.4 is 4.72 Å². The van der Waals surface area contributed by atoms with Gasteiger partial charge < -0.3 is 14.5 Å². The molecular weight excluding hydrogens is 492 g/mol. The van der Waals surface area contributed by atoms with Crippen molar-refractivity contribution >= 4 is 15.9 Å². The van der Waals surface area contributed by atoms with E-state index in [9.17, 15) is 18.3 Å². The van der Waals surface area contributed by atoms with Gasteiger partial charge in [-0.1, -0.05) is 59.8 Å². The number of benzene rings is 2. The van der Waals surface area contributed by atoms with Gasteiger partial charge in [-0.3, -0.25) is 9.69 Å². The lowest BCUT2D eigenvalue weighted by Gasteiger charge is -2.32. The van der Waals surface area contributed by atoms with Crippen molar-refractivity contribution in [3.8, 4) is 0 Å². The van der Waals surface area contributed by atoms with E-state index < -0.39 is 10.0 Å². The van der Waals surface area contributed by atoms with Gasteiger partial charge in [-0.15, -0.1) is 0 Å². The molecule has 3 aromatic rings. The average Bonchev–Trinajstić information content (AvgIpc) is 3.46. The van der Waals surface area contributed by atoms with Gasteiger partial charge in [0.15, 0.2) is 5.76 Å². The van der Waals surface area contributed by atoms with Crippen molar-refractivity contribution in [2.45, 2.75) is 50.3 Å². The molecule has 0 bridgehead atoms. The number of nitrogens with zero attached hydrogens (tertiary/aromatic N) is 3. The van der Waals surface area contributed by atoms with Crippen molar-refractivity contribution in [1.82, 2.24) is 19.7 Å². The highest BCUT2D eigenvalue weighted by molar-refractivity contribution is 7.89. The molecule has 1 aliphatic rings. The smallest absolute Gasteiger partial charge is 0.246 e. The van der Waals surface area contributed by atoms with Crippen LogP contribution in [0.1, 0.15) is 40.6 Å². The number of carbonyl (C=O) groups excluding carboxylic acids is 1. The molecule has 1 aliphatic heterocycles. The van der Waals surface area contributed by atoms with Gasteiger partial charge in [0.2, 0.25) is 15.9 Å². The second kappa shape index (κ2) is 11.6. The van der Waals surface area contributed by atoms with Gasteiger partial charge in [0.1, 0.15) is 10.6 Å². The molecular formula is C27H34N4O5S. The summed E-state index contributed by atoms with van der Waals surface area (Å²) >= 11 is 0. The first kappa shape index (κ1) is 27.0. The maximum atomic E-state index is 13.3. The van der Waals surface area contributed by atoms with Crippen molar-refractivity contribution < 1.29 is 22.8 Å². The molecule has 37 heavy (non-hydrogen) atoms. The third-order valence-corrected chi connectivity index (χ3v) is 8.45. The standard InChI is InChI=1S/C27H34N4O5S/c1-19-27(20(2)36-29-19)37(34,35)28-16-22-11-9-21(10-12-22)15-26(33)30(3)25(23-7-5-4-6-8-23)18-31-14-13-24(32)17-31/h4-12,24-25,28,32H,13-18H2,1-3H3. The molecule has 9 nitrogen and oxygen atoms in total. The molecule has 0 radical (unpaired) electrons. The molecule has 0 spiro atoms. The lowest BCUT2D eigenvalue weighted by atomic mass is 10.0. The van der Waals surface area contributed by atoms with E-state index in [2.05, 4.69) is 14.8 Å². The molecule has 2 N–H and O–H groups in total. The topological polar surface area (TPSA) is 116 Å². The number of aliphatic hydroxyl groups is 1. The lowest BCUT2D eigenvalue weighted by molar-refractivity contribution is -0.131. The van der Waals surface area contributed by atoms with E-state index in [1.807, 2.05) is 61.6 Å². The Morgan fingerprint density at radius 3 is 2.43 bits per heavy atom. The summed E-state index contributed by atoms with van der Waals surface area (Å²) < 4.78 is 32.8. The quantitative estimate of drug-likeness (QED) is 0.417. The Labute approximate surface area is 218 Å². The molecule has 2 heterocycles. The van der Waals surface area contributed by atoms with Gasteiger partial charge in [0.25, 0.3) is 0 Å². The first-order valence-electron chi connectivity index (χ1n) is 12.4. The molecule has 1 saturated heterocycles. The zero-order valence-corrected chi connectivity index (χ0v) is 22.2. The van der Waals surface area contributed by atoms with Crippen LogP contribution in [0.25, 0.3) is 0 Å².